The molecule has 2 aliphatic rings. The fourth-order valence-electron chi connectivity index (χ4n) is 3.77. The van der Waals surface area contributed by atoms with Gasteiger partial charge in [-0.1, -0.05) is 31.5 Å². The molecule has 1 aliphatic heterocycles. The van der Waals surface area contributed by atoms with E-state index in [4.69, 9.17) is 0 Å². The van der Waals surface area contributed by atoms with Gasteiger partial charge in [0, 0.05) is 6.54 Å². The van der Waals surface area contributed by atoms with E-state index in [1.807, 2.05) is 31.3 Å². The molecule has 1 heterocycles. The molecule has 2 atom stereocenters. The van der Waals surface area contributed by atoms with Crippen molar-refractivity contribution in [3.05, 3.63) is 29.8 Å². The molecular weight excluding hydrogens is 264 g/mol. The first-order valence-corrected chi connectivity index (χ1v) is 7.77. The molecule has 1 aliphatic carbocycles. The normalized spacial score (nSPS) is 28.3. The molecule has 21 heavy (non-hydrogen) atoms. The van der Waals surface area contributed by atoms with E-state index >= 15 is 0 Å². The minimum absolute atomic E-state index is 0.00417. The Morgan fingerprint density at radius 3 is 2.33 bits per heavy atom. The van der Waals surface area contributed by atoms with Crippen LogP contribution in [0.1, 0.15) is 31.7 Å². The molecule has 2 fully saturated rings. The van der Waals surface area contributed by atoms with E-state index in [9.17, 15) is 9.59 Å². The maximum atomic E-state index is 12.7. The highest BCUT2D eigenvalue weighted by atomic mass is 16.2. The Morgan fingerprint density at radius 1 is 1.14 bits per heavy atom. The van der Waals surface area contributed by atoms with Gasteiger partial charge < -0.3 is 5.32 Å². The van der Waals surface area contributed by atoms with Crippen molar-refractivity contribution < 1.29 is 9.59 Å². The van der Waals surface area contributed by atoms with Gasteiger partial charge in [-0.2, -0.15) is 0 Å². The highest BCUT2D eigenvalue weighted by Crippen LogP contribution is 2.45. The molecule has 4 heteroatoms. The first-order valence-electron chi connectivity index (χ1n) is 7.77. The Bertz CT molecular complexity index is 546. The summed E-state index contributed by atoms with van der Waals surface area (Å²) in [5.74, 6) is 0.354. The Morgan fingerprint density at radius 2 is 1.76 bits per heavy atom. The summed E-state index contributed by atoms with van der Waals surface area (Å²) in [6, 6.07) is 7.67. The van der Waals surface area contributed by atoms with Crippen LogP contribution in [-0.4, -0.2) is 18.9 Å². The third-order valence-corrected chi connectivity index (χ3v) is 4.91. The van der Waals surface area contributed by atoms with Crippen molar-refractivity contribution in [2.24, 2.45) is 17.8 Å². The molecule has 1 saturated heterocycles. The molecule has 0 radical (unpaired) electrons. The number of benzene rings is 1. The quantitative estimate of drug-likeness (QED) is 0.864. The summed E-state index contributed by atoms with van der Waals surface area (Å²) in [5, 5.41) is 3.09. The van der Waals surface area contributed by atoms with Crippen molar-refractivity contribution >= 4 is 17.5 Å². The number of para-hydroxylation sites is 1. The highest BCUT2D eigenvalue weighted by Gasteiger charge is 2.52. The van der Waals surface area contributed by atoms with Crippen molar-refractivity contribution in [3.8, 4) is 0 Å². The van der Waals surface area contributed by atoms with Crippen LogP contribution < -0.4 is 10.2 Å². The molecule has 0 spiro atoms. The van der Waals surface area contributed by atoms with Gasteiger partial charge >= 0.3 is 0 Å². The second-order valence-corrected chi connectivity index (χ2v) is 6.13. The first-order chi connectivity index (χ1) is 10.2. The molecule has 1 saturated carbocycles. The van der Waals surface area contributed by atoms with Crippen LogP contribution in [0.4, 0.5) is 5.69 Å². The van der Waals surface area contributed by atoms with Gasteiger partial charge in [0.2, 0.25) is 11.8 Å². The van der Waals surface area contributed by atoms with Crippen LogP contribution in [0.3, 0.4) is 0 Å². The van der Waals surface area contributed by atoms with Crippen LogP contribution in [0.2, 0.25) is 0 Å². The Labute approximate surface area is 125 Å². The fraction of sp³-hybridized carbons (Fsp3) is 0.529. The maximum Gasteiger partial charge on any atom is 0.237 e. The monoisotopic (exact) mass is 286 g/mol. The smallest absolute Gasteiger partial charge is 0.237 e. The van der Waals surface area contributed by atoms with Crippen LogP contribution in [0.15, 0.2) is 24.3 Å². The van der Waals surface area contributed by atoms with Crippen molar-refractivity contribution in [1.29, 1.82) is 0 Å². The third kappa shape index (κ3) is 2.27. The minimum atomic E-state index is -0.0925. The van der Waals surface area contributed by atoms with Crippen LogP contribution in [-0.2, 0) is 16.1 Å². The van der Waals surface area contributed by atoms with Gasteiger partial charge in [0.15, 0.2) is 0 Å². The van der Waals surface area contributed by atoms with Gasteiger partial charge in [-0.15, -0.1) is 0 Å². The number of amides is 2. The van der Waals surface area contributed by atoms with Crippen molar-refractivity contribution in [1.82, 2.24) is 5.32 Å². The predicted molar refractivity (Wildman–Crippen MR) is 81.7 cm³/mol. The minimum Gasteiger partial charge on any atom is -0.316 e. The number of rotatable bonds is 4. The summed E-state index contributed by atoms with van der Waals surface area (Å²) in [4.78, 5) is 26.8. The lowest BCUT2D eigenvalue weighted by atomic mass is 10.00. The molecule has 0 aromatic heterocycles. The zero-order chi connectivity index (χ0) is 15.0. The molecule has 2 unspecified atom stereocenters. The molecule has 112 valence electrons. The Kier molecular flexibility index (Phi) is 3.81. The van der Waals surface area contributed by atoms with Crippen LogP contribution in [0, 0.1) is 17.8 Å². The van der Waals surface area contributed by atoms with E-state index in [-0.39, 0.29) is 23.7 Å². The maximum absolute atomic E-state index is 12.7. The average molecular weight is 286 g/mol. The number of carbonyl (C=O) groups excluding carboxylic acids is 2. The number of nitrogens with one attached hydrogen (secondary N) is 1. The van der Waals surface area contributed by atoms with E-state index in [1.165, 1.54) is 4.90 Å². The van der Waals surface area contributed by atoms with E-state index in [1.54, 1.807) is 0 Å². The lowest BCUT2D eigenvalue weighted by Crippen LogP contribution is -2.33. The van der Waals surface area contributed by atoms with E-state index in [0.717, 1.165) is 30.5 Å². The van der Waals surface area contributed by atoms with E-state index in [2.05, 4.69) is 12.2 Å². The van der Waals surface area contributed by atoms with Gasteiger partial charge in [0.05, 0.1) is 17.5 Å². The largest absolute Gasteiger partial charge is 0.316 e. The summed E-state index contributed by atoms with van der Waals surface area (Å²) >= 11 is 0. The summed E-state index contributed by atoms with van der Waals surface area (Å²) in [5.41, 5.74) is 1.75. The van der Waals surface area contributed by atoms with E-state index in [0.29, 0.717) is 12.5 Å². The molecule has 1 aromatic rings. The topological polar surface area (TPSA) is 49.4 Å². The van der Waals surface area contributed by atoms with Crippen LogP contribution in [0.25, 0.3) is 0 Å². The average Bonchev–Trinajstić information content (AvgIpc) is 3.01. The van der Waals surface area contributed by atoms with Crippen LogP contribution >= 0.6 is 0 Å². The molecule has 1 aromatic carbocycles. The summed E-state index contributed by atoms with van der Waals surface area (Å²) in [6.07, 6.45) is 2.80. The number of imide groups is 1. The molecule has 4 nitrogen and oxygen atoms in total. The molecule has 3 rings (SSSR count). The van der Waals surface area contributed by atoms with Gasteiger partial charge in [-0.25, -0.2) is 4.90 Å². The molecule has 2 amide bonds. The summed E-state index contributed by atoms with van der Waals surface area (Å²) < 4.78 is 0. The number of hydrogen-bond donors (Lipinski definition) is 1. The molecular formula is C17H22N2O2. The second kappa shape index (κ2) is 5.60. The Balaban J connectivity index is 1.92. The summed E-state index contributed by atoms with van der Waals surface area (Å²) in [6.45, 7) is 2.79. The van der Waals surface area contributed by atoms with Crippen LogP contribution in [0.5, 0.6) is 0 Å². The van der Waals surface area contributed by atoms with Gasteiger partial charge in [0.25, 0.3) is 0 Å². The van der Waals surface area contributed by atoms with Crippen molar-refractivity contribution in [3.63, 3.8) is 0 Å². The molecule has 1 N–H and O–H groups in total. The second-order valence-electron chi connectivity index (χ2n) is 6.13. The highest BCUT2D eigenvalue weighted by molar-refractivity contribution is 6.22. The van der Waals surface area contributed by atoms with Crippen molar-refractivity contribution in [2.75, 3.05) is 11.9 Å². The lowest BCUT2D eigenvalue weighted by Gasteiger charge is -2.20. The molecule has 0 bridgehead atoms. The number of anilines is 1. The predicted octanol–water partition coefficient (Wildman–Crippen LogP) is 2.33. The van der Waals surface area contributed by atoms with Crippen molar-refractivity contribution in [2.45, 2.75) is 32.7 Å². The lowest BCUT2D eigenvalue weighted by molar-refractivity contribution is -0.123. The standard InChI is InChI=1S/C17H22N2O2/c1-3-11-8-13-14(9-11)17(21)19(16(13)20)15-7-5-4-6-12(15)10-18-2/h4-7,11,13-14,18H,3,8-10H2,1-2H3. The van der Waals surface area contributed by atoms with E-state index < -0.39 is 0 Å². The number of nitrogens with zero attached hydrogens (tertiary/aromatic N) is 1. The summed E-state index contributed by atoms with van der Waals surface area (Å²) in [7, 11) is 1.87. The zero-order valence-corrected chi connectivity index (χ0v) is 12.6. The number of carbonyl (C=O) groups is 2. The third-order valence-electron chi connectivity index (χ3n) is 4.91. The fourth-order valence-corrected chi connectivity index (χ4v) is 3.77. The Hall–Kier alpha value is -1.68. The first kappa shape index (κ1) is 14.3. The van der Waals surface area contributed by atoms with Gasteiger partial charge in [-0.3, -0.25) is 9.59 Å². The SMILES string of the molecule is CCC1CC2C(=O)N(c3ccccc3CNC)C(=O)C2C1. The van der Waals surface area contributed by atoms with Gasteiger partial charge in [0.1, 0.15) is 0 Å². The number of fused-ring (bicyclic) bond motifs is 1. The zero-order valence-electron chi connectivity index (χ0n) is 12.6. The van der Waals surface area contributed by atoms with Gasteiger partial charge in [-0.05, 0) is 37.4 Å². The number of hydrogen-bond acceptors (Lipinski definition) is 3.